The fourth-order valence-electron chi connectivity index (χ4n) is 2.90. The number of carbonyl (C=O) groups excluding carboxylic acids is 1. The van der Waals surface area contributed by atoms with Gasteiger partial charge in [-0.3, -0.25) is 9.69 Å². The third-order valence-electron chi connectivity index (χ3n) is 4.02. The lowest BCUT2D eigenvalue weighted by Crippen LogP contribution is -2.36. The second-order valence-electron chi connectivity index (χ2n) is 5.48. The summed E-state index contributed by atoms with van der Waals surface area (Å²) in [4.78, 5) is 15.5. The first-order chi connectivity index (χ1) is 10.7. The van der Waals surface area contributed by atoms with E-state index < -0.39 is 0 Å². The summed E-state index contributed by atoms with van der Waals surface area (Å²) in [5.41, 5.74) is 1.28. The molecule has 1 aliphatic rings. The van der Waals surface area contributed by atoms with Crippen LogP contribution in [0.4, 0.5) is 0 Å². The highest BCUT2D eigenvalue weighted by Crippen LogP contribution is 2.25. The van der Waals surface area contributed by atoms with E-state index in [1.807, 2.05) is 18.2 Å². The number of hydrogen-bond donors (Lipinski definition) is 1. The van der Waals surface area contributed by atoms with Crippen LogP contribution in [0.1, 0.15) is 34.1 Å². The molecule has 1 unspecified atom stereocenters. The summed E-state index contributed by atoms with van der Waals surface area (Å²) >= 11 is 4.87. The van der Waals surface area contributed by atoms with E-state index in [1.54, 1.807) is 0 Å². The molecule has 1 amide bonds. The summed E-state index contributed by atoms with van der Waals surface area (Å²) in [6.07, 6.45) is 2.49. The highest BCUT2D eigenvalue weighted by molar-refractivity contribution is 9.11. The number of likely N-dealkylation sites (tertiary alicyclic amines) is 1. The Labute approximate surface area is 143 Å². The molecular weight excluding hydrogens is 360 g/mol. The minimum absolute atomic E-state index is 0.0100. The topological polar surface area (TPSA) is 32.3 Å². The number of thiophene rings is 1. The summed E-state index contributed by atoms with van der Waals surface area (Å²) in [7, 11) is 0. The zero-order valence-electron chi connectivity index (χ0n) is 12.3. The van der Waals surface area contributed by atoms with Crippen molar-refractivity contribution >= 4 is 33.2 Å². The van der Waals surface area contributed by atoms with Gasteiger partial charge in [0.2, 0.25) is 0 Å². The van der Waals surface area contributed by atoms with Crippen LogP contribution in [0.3, 0.4) is 0 Å². The predicted molar refractivity (Wildman–Crippen MR) is 94.3 cm³/mol. The molecule has 5 heteroatoms. The molecule has 2 heterocycles. The van der Waals surface area contributed by atoms with Gasteiger partial charge in [-0.2, -0.15) is 0 Å². The summed E-state index contributed by atoms with van der Waals surface area (Å²) in [6, 6.07) is 14.5. The van der Waals surface area contributed by atoms with Gasteiger partial charge in [0.05, 0.1) is 14.7 Å². The number of rotatable bonds is 5. The van der Waals surface area contributed by atoms with Gasteiger partial charge in [-0.25, -0.2) is 0 Å². The van der Waals surface area contributed by atoms with Gasteiger partial charge in [-0.1, -0.05) is 30.3 Å². The Morgan fingerprint density at radius 2 is 1.91 bits per heavy atom. The van der Waals surface area contributed by atoms with Crippen molar-refractivity contribution in [3.8, 4) is 0 Å². The smallest absolute Gasteiger partial charge is 0.261 e. The van der Waals surface area contributed by atoms with Crippen LogP contribution in [0.15, 0.2) is 46.3 Å². The number of hydrogen-bond acceptors (Lipinski definition) is 3. The molecule has 116 valence electrons. The molecule has 1 aliphatic heterocycles. The first-order valence-electron chi connectivity index (χ1n) is 7.56. The summed E-state index contributed by atoms with van der Waals surface area (Å²) in [6.45, 7) is 2.87. The lowest BCUT2D eigenvalue weighted by atomic mass is 10.1. The van der Waals surface area contributed by atoms with E-state index in [4.69, 9.17) is 0 Å². The maximum absolute atomic E-state index is 12.3. The third kappa shape index (κ3) is 3.77. The van der Waals surface area contributed by atoms with Gasteiger partial charge in [-0.15, -0.1) is 11.3 Å². The van der Waals surface area contributed by atoms with E-state index >= 15 is 0 Å². The zero-order chi connectivity index (χ0) is 15.4. The first-order valence-corrected chi connectivity index (χ1v) is 9.17. The Kier molecular flexibility index (Phi) is 5.28. The van der Waals surface area contributed by atoms with Crippen LogP contribution in [0.25, 0.3) is 0 Å². The van der Waals surface area contributed by atoms with Crippen molar-refractivity contribution in [2.75, 3.05) is 19.6 Å². The van der Waals surface area contributed by atoms with Crippen molar-refractivity contribution in [1.82, 2.24) is 10.2 Å². The lowest BCUT2D eigenvalue weighted by Gasteiger charge is -2.28. The molecule has 0 spiro atoms. The summed E-state index contributed by atoms with van der Waals surface area (Å²) in [5.74, 6) is 0.0100. The van der Waals surface area contributed by atoms with Crippen LogP contribution in [-0.2, 0) is 0 Å². The lowest BCUT2D eigenvalue weighted by molar-refractivity contribution is 0.0942. The number of nitrogens with one attached hydrogen (secondary N) is 1. The molecule has 0 saturated carbocycles. The molecule has 0 radical (unpaired) electrons. The van der Waals surface area contributed by atoms with Gasteiger partial charge in [0.15, 0.2) is 0 Å². The van der Waals surface area contributed by atoms with Crippen molar-refractivity contribution in [3.05, 3.63) is 56.7 Å². The van der Waals surface area contributed by atoms with Gasteiger partial charge >= 0.3 is 0 Å². The van der Waals surface area contributed by atoms with Crippen molar-refractivity contribution < 1.29 is 4.79 Å². The third-order valence-corrected chi connectivity index (χ3v) is 5.64. The summed E-state index contributed by atoms with van der Waals surface area (Å²) < 4.78 is 0.983. The maximum Gasteiger partial charge on any atom is 0.261 e. The zero-order valence-corrected chi connectivity index (χ0v) is 14.7. The predicted octanol–water partition coefficient (Wildman–Crippen LogP) is 4.08. The molecule has 0 aliphatic carbocycles. The molecular formula is C17H19BrN2OS. The van der Waals surface area contributed by atoms with E-state index in [9.17, 15) is 4.79 Å². The number of halogens is 1. The highest BCUT2D eigenvalue weighted by atomic mass is 79.9. The van der Waals surface area contributed by atoms with Gasteiger partial charge in [0.25, 0.3) is 5.91 Å². The van der Waals surface area contributed by atoms with Gasteiger partial charge in [-0.05, 0) is 59.6 Å². The molecule has 1 aromatic heterocycles. The molecule has 2 aromatic rings. The van der Waals surface area contributed by atoms with Gasteiger partial charge in [0, 0.05) is 6.54 Å². The molecule has 1 aromatic carbocycles. The number of carbonyl (C=O) groups is 1. The fourth-order valence-corrected chi connectivity index (χ4v) is 4.20. The molecule has 22 heavy (non-hydrogen) atoms. The maximum atomic E-state index is 12.3. The largest absolute Gasteiger partial charge is 0.349 e. The fraction of sp³-hybridized carbons (Fsp3) is 0.353. The molecule has 3 nitrogen and oxygen atoms in total. The Hall–Kier alpha value is -1.17. The van der Waals surface area contributed by atoms with E-state index in [-0.39, 0.29) is 11.9 Å². The molecule has 1 atom stereocenters. The number of benzene rings is 1. The quantitative estimate of drug-likeness (QED) is 0.849. The van der Waals surface area contributed by atoms with Crippen LogP contribution in [0.2, 0.25) is 0 Å². The monoisotopic (exact) mass is 378 g/mol. The highest BCUT2D eigenvalue weighted by Gasteiger charge is 2.24. The Morgan fingerprint density at radius 3 is 2.55 bits per heavy atom. The van der Waals surface area contributed by atoms with E-state index in [1.165, 1.54) is 29.7 Å². The average molecular weight is 379 g/mol. The van der Waals surface area contributed by atoms with Crippen LogP contribution in [-0.4, -0.2) is 30.4 Å². The Bertz CT molecular complexity index is 623. The molecule has 3 rings (SSSR count). The number of nitrogens with zero attached hydrogens (tertiary/aromatic N) is 1. The first kappa shape index (κ1) is 15.7. The van der Waals surface area contributed by atoms with Crippen LogP contribution >= 0.6 is 27.3 Å². The molecule has 0 bridgehead atoms. The van der Waals surface area contributed by atoms with Crippen LogP contribution < -0.4 is 5.32 Å². The van der Waals surface area contributed by atoms with Crippen molar-refractivity contribution in [2.24, 2.45) is 0 Å². The summed E-state index contributed by atoms with van der Waals surface area (Å²) in [5, 5.41) is 3.10. The standard InChI is InChI=1S/C17H19BrN2OS/c18-16-9-8-15(22-16)17(21)19-12-14(20-10-4-5-11-20)13-6-2-1-3-7-13/h1-3,6-9,14H,4-5,10-12H2,(H,19,21). The second kappa shape index (κ2) is 7.40. The normalized spacial score (nSPS) is 16.6. The minimum atomic E-state index is 0.0100. The van der Waals surface area contributed by atoms with E-state index in [2.05, 4.69) is 50.4 Å². The molecule has 1 saturated heterocycles. The van der Waals surface area contributed by atoms with Gasteiger partial charge < -0.3 is 5.32 Å². The molecule has 1 fully saturated rings. The Balaban J connectivity index is 1.69. The average Bonchev–Trinajstić information content (AvgIpc) is 3.20. The van der Waals surface area contributed by atoms with Gasteiger partial charge in [0.1, 0.15) is 0 Å². The van der Waals surface area contributed by atoms with Crippen LogP contribution in [0, 0.1) is 0 Å². The Morgan fingerprint density at radius 1 is 1.18 bits per heavy atom. The minimum Gasteiger partial charge on any atom is -0.349 e. The van der Waals surface area contributed by atoms with Crippen molar-refractivity contribution in [2.45, 2.75) is 18.9 Å². The SMILES string of the molecule is O=C(NCC(c1ccccc1)N1CCCC1)c1ccc(Br)s1. The molecule has 1 N–H and O–H groups in total. The van der Waals surface area contributed by atoms with E-state index in [0.29, 0.717) is 6.54 Å². The second-order valence-corrected chi connectivity index (χ2v) is 7.95. The number of amides is 1. The van der Waals surface area contributed by atoms with Crippen molar-refractivity contribution in [3.63, 3.8) is 0 Å². The van der Waals surface area contributed by atoms with Crippen molar-refractivity contribution in [1.29, 1.82) is 0 Å². The van der Waals surface area contributed by atoms with Crippen LogP contribution in [0.5, 0.6) is 0 Å². The van der Waals surface area contributed by atoms with E-state index in [0.717, 1.165) is 21.8 Å².